The van der Waals surface area contributed by atoms with Crippen molar-refractivity contribution in [2.45, 2.75) is 26.7 Å². The third-order valence-electron chi connectivity index (χ3n) is 2.77. The molecule has 100 valence electrons. The first-order chi connectivity index (χ1) is 9.12. The second kappa shape index (κ2) is 6.35. The summed E-state index contributed by atoms with van der Waals surface area (Å²) in [5, 5.41) is 3.77. The SMILES string of the molecule is CCc1nc(Cl)cc(Nc2ccc(Br)cc2CC)n1. The smallest absolute Gasteiger partial charge is 0.135 e. The summed E-state index contributed by atoms with van der Waals surface area (Å²) in [7, 11) is 0. The van der Waals surface area contributed by atoms with E-state index in [0.29, 0.717) is 5.15 Å². The molecular weight excluding hydrogens is 326 g/mol. The van der Waals surface area contributed by atoms with Crippen molar-refractivity contribution < 1.29 is 0 Å². The van der Waals surface area contributed by atoms with Gasteiger partial charge in [0.1, 0.15) is 16.8 Å². The minimum absolute atomic E-state index is 0.463. The number of aryl methyl sites for hydroxylation is 2. The van der Waals surface area contributed by atoms with Crippen LogP contribution in [0.1, 0.15) is 25.2 Å². The Bertz CT molecular complexity index is 587. The zero-order chi connectivity index (χ0) is 13.8. The Morgan fingerprint density at radius 2 is 1.95 bits per heavy atom. The highest BCUT2D eigenvalue weighted by atomic mass is 79.9. The molecule has 0 aliphatic carbocycles. The molecule has 0 radical (unpaired) electrons. The van der Waals surface area contributed by atoms with Crippen LogP contribution in [0.25, 0.3) is 0 Å². The van der Waals surface area contributed by atoms with Crippen molar-refractivity contribution in [2.75, 3.05) is 5.32 Å². The molecule has 1 aromatic heterocycles. The molecule has 2 aromatic rings. The molecule has 19 heavy (non-hydrogen) atoms. The van der Waals surface area contributed by atoms with Gasteiger partial charge >= 0.3 is 0 Å². The third kappa shape index (κ3) is 3.67. The normalized spacial score (nSPS) is 10.5. The molecule has 5 heteroatoms. The molecule has 0 amide bonds. The molecule has 3 nitrogen and oxygen atoms in total. The Morgan fingerprint density at radius 1 is 1.16 bits per heavy atom. The largest absolute Gasteiger partial charge is 0.340 e. The molecule has 0 saturated carbocycles. The minimum atomic E-state index is 0.463. The maximum absolute atomic E-state index is 6.00. The average Bonchev–Trinajstić information content (AvgIpc) is 2.40. The van der Waals surface area contributed by atoms with Crippen LogP contribution >= 0.6 is 27.5 Å². The van der Waals surface area contributed by atoms with Gasteiger partial charge in [-0.2, -0.15) is 0 Å². The molecule has 0 bridgehead atoms. The van der Waals surface area contributed by atoms with Gasteiger partial charge in [-0.05, 0) is 30.2 Å². The summed E-state index contributed by atoms with van der Waals surface area (Å²) < 4.78 is 1.07. The molecule has 1 aromatic carbocycles. The number of hydrogen-bond acceptors (Lipinski definition) is 3. The van der Waals surface area contributed by atoms with Crippen LogP contribution in [-0.4, -0.2) is 9.97 Å². The molecule has 0 spiro atoms. The molecule has 1 heterocycles. The summed E-state index contributed by atoms with van der Waals surface area (Å²) in [6.45, 7) is 4.13. The topological polar surface area (TPSA) is 37.8 Å². The maximum atomic E-state index is 6.00. The lowest BCUT2D eigenvalue weighted by Gasteiger charge is -2.11. The maximum Gasteiger partial charge on any atom is 0.135 e. The first-order valence-electron chi connectivity index (χ1n) is 6.21. The van der Waals surface area contributed by atoms with Crippen molar-refractivity contribution >= 4 is 39.0 Å². The Labute approximate surface area is 126 Å². The van der Waals surface area contributed by atoms with Gasteiger partial charge in [0.15, 0.2) is 0 Å². The Morgan fingerprint density at radius 3 is 2.63 bits per heavy atom. The van der Waals surface area contributed by atoms with Crippen molar-refractivity contribution in [1.29, 1.82) is 0 Å². The third-order valence-corrected chi connectivity index (χ3v) is 3.46. The Balaban J connectivity index is 2.33. The fourth-order valence-electron chi connectivity index (χ4n) is 1.80. The molecule has 1 N–H and O–H groups in total. The second-order valence-corrected chi connectivity index (χ2v) is 5.43. The number of benzene rings is 1. The van der Waals surface area contributed by atoms with E-state index in [0.717, 1.165) is 34.6 Å². The van der Waals surface area contributed by atoms with E-state index >= 15 is 0 Å². The van der Waals surface area contributed by atoms with Gasteiger partial charge in [-0.1, -0.05) is 41.4 Å². The summed E-state index contributed by atoms with van der Waals surface area (Å²) in [6.07, 6.45) is 1.71. The summed E-state index contributed by atoms with van der Waals surface area (Å²) in [5.41, 5.74) is 2.27. The van der Waals surface area contributed by atoms with E-state index < -0.39 is 0 Å². The van der Waals surface area contributed by atoms with Crippen LogP contribution in [-0.2, 0) is 12.8 Å². The van der Waals surface area contributed by atoms with Crippen LogP contribution in [0.3, 0.4) is 0 Å². The van der Waals surface area contributed by atoms with Crippen LogP contribution in [0.15, 0.2) is 28.7 Å². The lowest BCUT2D eigenvalue weighted by molar-refractivity contribution is 0.943. The fraction of sp³-hybridized carbons (Fsp3) is 0.286. The van der Waals surface area contributed by atoms with Crippen LogP contribution in [0.4, 0.5) is 11.5 Å². The number of halogens is 2. The molecule has 0 aliphatic rings. The van der Waals surface area contributed by atoms with Gasteiger partial charge in [-0.15, -0.1) is 0 Å². The minimum Gasteiger partial charge on any atom is -0.340 e. The van der Waals surface area contributed by atoms with Gasteiger partial charge < -0.3 is 5.32 Å². The number of anilines is 2. The fourth-order valence-corrected chi connectivity index (χ4v) is 2.41. The highest BCUT2D eigenvalue weighted by Gasteiger charge is 2.06. The molecular formula is C14H15BrClN3. The molecule has 0 fully saturated rings. The van der Waals surface area contributed by atoms with Gasteiger partial charge in [0.2, 0.25) is 0 Å². The van der Waals surface area contributed by atoms with E-state index in [1.165, 1.54) is 5.56 Å². The van der Waals surface area contributed by atoms with E-state index in [1.54, 1.807) is 6.07 Å². The zero-order valence-electron chi connectivity index (χ0n) is 10.9. The lowest BCUT2D eigenvalue weighted by atomic mass is 10.1. The van der Waals surface area contributed by atoms with Crippen molar-refractivity contribution in [3.8, 4) is 0 Å². The predicted molar refractivity (Wildman–Crippen MR) is 83.2 cm³/mol. The molecule has 0 saturated heterocycles. The molecule has 2 rings (SSSR count). The van der Waals surface area contributed by atoms with Crippen LogP contribution in [0, 0.1) is 0 Å². The number of aromatic nitrogens is 2. The van der Waals surface area contributed by atoms with Crippen molar-refractivity contribution in [1.82, 2.24) is 9.97 Å². The van der Waals surface area contributed by atoms with Gasteiger partial charge in [0.05, 0.1) is 0 Å². The van der Waals surface area contributed by atoms with Gasteiger partial charge in [0.25, 0.3) is 0 Å². The molecule has 0 atom stereocenters. The summed E-state index contributed by atoms with van der Waals surface area (Å²) in [6, 6.07) is 7.88. The first-order valence-corrected chi connectivity index (χ1v) is 7.38. The van der Waals surface area contributed by atoms with Crippen LogP contribution < -0.4 is 5.32 Å². The van der Waals surface area contributed by atoms with Gasteiger partial charge in [-0.25, -0.2) is 9.97 Å². The van der Waals surface area contributed by atoms with Gasteiger partial charge in [0, 0.05) is 22.6 Å². The van der Waals surface area contributed by atoms with Crippen molar-refractivity contribution in [3.63, 3.8) is 0 Å². The molecule has 0 unspecified atom stereocenters. The first kappa shape index (κ1) is 14.3. The van der Waals surface area contributed by atoms with E-state index in [2.05, 4.69) is 44.2 Å². The van der Waals surface area contributed by atoms with E-state index in [-0.39, 0.29) is 0 Å². The highest BCUT2D eigenvalue weighted by molar-refractivity contribution is 9.10. The number of rotatable bonds is 4. The zero-order valence-corrected chi connectivity index (χ0v) is 13.2. The lowest BCUT2D eigenvalue weighted by Crippen LogP contribution is -2.01. The average molecular weight is 341 g/mol. The summed E-state index contributed by atoms with van der Waals surface area (Å²) in [5.74, 6) is 1.47. The van der Waals surface area contributed by atoms with Crippen molar-refractivity contribution in [2.24, 2.45) is 0 Å². The second-order valence-electron chi connectivity index (χ2n) is 4.13. The Hall–Kier alpha value is -1.13. The summed E-state index contributed by atoms with van der Waals surface area (Å²) in [4.78, 5) is 8.58. The van der Waals surface area contributed by atoms with Crippen molar-refractivity contribution in [3.05, 3.63) is 45.3 Å². The summed E-state index contributed by atoms with van der Waals surface area (Å²) >= 11 is 9.48. The van der Waals surface area contributed by atoms with E-state index in [9.17, 15) is 0 Å². The quantitative estimate of drug-likeness (QED) is 0.815. The number of hydrogen-bond donors (Lipinski definition) is 1. The van der Waals surface area contributed by atoms with Crippen LogP contribution in [0.5, 0.6) is 0 Å². The highest BCUT2D eigenvalue weighted by Crippen LogP contribution is 2.25. The monoisotopic (exact) mass is 339 g/mol. The Kier molecular flexibility index (Phi) is 4.77. The van der Waals surface area contributed by atoms with Crippen LogP contribution in [0.2, 0.25) is 5.15 Å². The van der Waals surface area contributed by atoms with Gasteiger partial charge in [-0.3, -0.25) is 0 Å². The number of nitrogens with one attached hydrogen (secondary N) is 1. The molecule has 0 aliphatic heterocycles. The number of nitrogens with zero attached hydrogens (tertiary/aromatic N) is 2. The predicted octanol–water partition coefficient (Wildman–Crippen LogP) is 4.76. The standard InChI is InChI=1S/C14H15BrClN3/c1-3-9-7-10(15)5-6-11(9)17-14-8-12(16)18-13(4-2)19-14/h5-8H,3-4H2,1-2H3,(H,17,18,19). The van der Waals surface area contributed by atoms with E-state index in [1.807, 2.05) is 19.1 Å². The van der Waals surface area contributed by atoms with E-state index in [4.69, 9.17) is 11.6 Å².